The molecule has 4 rings (SSSR count). The summed E-state index contributed by atoms with van der Waals surface area (Å²) in [4.78, 5) is 40.2. The zero-order valence-corrected chi connectivity index (χ0v) is 24.7. The third kappa shape index (κ3) is 7.74. The zero-order valence-electron chi connectivity index (χ0n) is 24.7. The molecule has 0 radical (unpaired) electrons. The molecule has 0 saturated carbocycles. The van der Waals surface area contributed by atoms with Crippen molar-refractivity contribution in [1.29, 1.82) is 5.41 Å². The minimum atomic E-state index is -0.618. The van der Waals surface area contributed by atoms with Crippen molar-refractivity contribution in [1.82, 2.24) is 5.32 Å². The van der Waals surface area contributed by atoms with Gasteiger partial charge in [0, 0.05) is 28.4 Å². The SMILES string of the molecule is C[C@@H](NC(=O)c1ccc(-c2ccccc2C(=O)Nc2ccc(C(=N)N)cc2)c(C(=O)OCc2ccccc2)c1)C(C)(C)C. The van der Waals surface area contributed by atoms with E-state index in [9.17, 15) is 14.4 Å². The first kappa shape index (κ1) is 30.7. The molecule has 0 aliphatic heterocycles. The molecule has 0 saturated heterocycles. The van der Waals surface area contributed by atoms with Gasteiger partial charge in [-0.25, -0.2) is 4.79 Å². The number of hydrogen-bond acceptors (Lipinski definition) is 5. The van der Waals surface area contributed by atoms with Crippen LogP contribution < -0.4 is 16.4 Å². The number of amides is 2. The molecular weight excluding hydrogens is 540 g/mol. The summed E-state index contributed by atoms with van der Waals surface area (Å²) in [7, 11) is 0. The Morgan fingerprint density at radius 3 is 2.05 bits per heavy atom. The molecule has 0 unspecified atom stereocenters. The molecule has 0 bridgehead atoms. The predicted octanol–water partition coefficient (Wildman–Crippen LogP) is 6.41. The number of carbonyl (C=O) groups is 3. The van der Waals surface area contributed by atoms with Gasteiger partial charge in [-0.2, -0.15) is 0 Å². The molecule has 43 heavy (non-hydrogen) atoms. The maximum Gasteiger partial charge on any atom is 0.339 e. The number of nitrogens with one attached hydrogen (secondary N) is 3. The van der Waals surface area contributed by atoms with Crippen LogP contribution in [0.3, 0.4) is 0 Å². The summed E-state index contributed by atoms with van der Waals surface area (Å²) >= 11 is 0. The van der Waals surface area contributed by atoms with Crippen LogP contribution in [0.2, 0.25) is 0 Å². The molecule has 5 N–H and O–H groups in total. The lowest BCUT2D eigenvalue weighted by molar-refractivity contribution is 0.0473. The number of hydrogen-bond donors (Lipinski definition) is 4. The van der Waals surface area contributed by atoms with E-state index in [4.69, 9.17) is 15.9 Å². The van der Waals surface area contributed by atoms with Crippen molar-refractivity contribution in [2.45, 2.75) is 40.3 Å². The molecule has 0 heterocycles. The molecule has 2 amide bonds. The van der Waals surface area contributed by atoms with Crippen molar-refractivity contribution >= 4 is 29.3 Å². The van der Waals surface area contributed by atoms with E-state index in [1.807, 2.05) is 58.0 Å². The van der Waals surface area contributed by atoms with Crippen LogP contribution in [0.5, 0.6) is 0 Å². The number of nitrogen functional groups attached to an aromatic ring is 1. The Morgan fingerprint density at radius 1 is 0.791 bits per heavy atom. The normalized spacial score (nSPS) is 11.7. The van der Waals surface area contributed by atoms with Crippen molar-refractivity contribution in [2.24, 2.45) is 11.1 Å². The van der Waals surface area contributed by atoms with Crippen LogP contribution in [0.4, 0.5) is 5.69 Å². The molecule has 8 nitrogen and oxygen atoms in total. The number of carbonyl (C=O) groups excluding carboxylic acids is 3. The van der Waals surface area contributed by atoms with Gasteiger partial charge >= 0.3 is 5.97 Å². The third-order valence-corrected chi connectivity index (χ3v) is 7.28. The van der Waals surface area contributed by atoms with Gasteiger partial charge in [0.25, 0.3) is 11.8 Å². The number of ether oxygens (including phenoxy) is 1. The lowest BCUT2D eigenvalue weighted by Gasteiger charge is -2.28. The van der Waals surface area contributed by atoms with Gasteiger partial charge in [-0.1, -0.05) is 75.4 Å². The van der Waals surface area contributed by atoms with Gasteiger partial charge in [-0.15, -0.1) is 0 Å². The quantitative estimate of drug-likeness (QED) is 0.104. The minimum Gasteiger partial charge on any atom is -0.457 e. The number of rotatable bonds is 9. The number of amidine groups is 1. The topological polar surface area (TPSA) is 134 Å². The van der Waals surface area contributed by atoms with Gasteiger partial charge < -0.3 is 21.1 Å². The number of benzene rings is 4. The van der Waals surface area contributed by atoms with E-state index in [0.29, 0.717) is 33.5 Å². The Kier molecular flexibility index (Phi) is 9.40. The molecule has 4 aromatic rings. The fourth-order valence-corrected chi connectivity index (χ4v) is 4.23. The van der Waals surface area contributed by atoms with E-state index in [1.165, 1.54) is 6.07 Å². The molecule has 220 valence electrons. The number of nitrogens with two attached hydrogens (primary N) is 1. The first-order chi connectivity index (χ1) is 20.4. The van der Waals surface area contributed by atoms with Gasteiger partial charge in [0.05, 0.1) is 5.56 Å². The lowest BCUT2D eigenvalue weighted by atomic mass is 9.87. The van der Waals surface area contributed by atoms with Crippen LogP contribution in [-0.4, -0.2) is 29.7 Å². The summed E-state index contributed by atoms with van der Waals surface area (Å²) < 4.78 is 5.67. The Balaban J connectivity index is 1.70. The molecule has 8 heteroatoms. The summed E-state index contributed by atoms with van der Waals surface area (Å²) in [6.45, 7) is 8.09. The molecule has 0 aliphatic rings. The highest BCUT2D eigenvalue weighted by atomic mass is 16.5. The second-order valence-electron chi connectivity index (χ2n) is 11.4. The first-order valence-corrected chi connectivity index (χ1v) is 13.9. The highest BCUT2D eigenvalue weighted by molar-refractivity contribution is 6.11. The van der Waals surface area contributed by atoms with E-state index in [0.717, 1.165) is 5.56 Å². The smallest absolute Gasteiger partial charge is 0.339 e. The van der Waals surface area contributed by atoms with E-state index in [1.54, 1.807) is 60.7 Å². The highest BCUT2D eigenvalue weighted by Gasteiger charge is 2.25. The number of anilines is 1. The van der Waals surface area contributed by atoms with Crippen molar-refractivity contribution in [3.8, 4) is 11.1 Å². The largest absolute Gasteiger partial charge is 0.457 e. The second kappa shape index (κ2) is 13.2. The summed E-state index contributed by atoms with van der Waals surface area (Å²) in [6, 6.07) is 27.6. The maximum atomic E-state index is 13.5. The van der Waals surface area contributed by atoms with Gasteiger partial charge in [-0.05, 0) is 71.5 Å². The van der Waals surface area contributed by atoms with E-state index >= 15 is 0 Å². The van der Waals surface area contributed by atoms with Crippen molar-refractivity contribution in [3.63, 3.8) is 0 Å². The molecule has 0 aromatic heterocycles. The Bertz CT molecular complexity index is 1640. The van der Waals surface area contributed by atoms with E-state index < -0.39 is 11.9 Å². The van der Waals surface area contributed by atoms with Crippen LogP contribution >= 0.6 is 0 Å². The zero-order chi connectivity index (χ0) is 31.1. The molecule has 0 fully saturated rings. The number of esters is 1. The lowest BCUT2D eigenvalue weighted by Crippen LogP contribution is -2.41. The van der Waals surface area contributed by atoms with Gasteiger partial charge in [0.1, 0.15) is 12.4 Å². The fourth-order valence-electron chi connectivity index (χ4n) is 4.23. The average molecular weight is 577 g/mol. The Labute approximate surface area is 251 Å². The second-order valence-corrected chi connectivity index (χ2v) is 11.4. The maximum absolute atomic E-state index is 13.5. The fraction of sp³-hybridized carbons (Fsp3) is 0.200. The molecule has 0 aliphatic carbocycles. The van der Waals surface area contributed by atoms with Crippen LogP contribution in [0, 0.1) is 10.8 Å². The van der Waals surface area contributed by atoms with Gasteiger partial charge in [0.15, 0.2) is 0 Å². The molecule has 0 spiro atoms. The molecule has 4 aromatic carbocycles. The Morgan fingerprint density at radius 2 is 1.40 bits per heavy atom. The molecular formula is C35H36N4O4. The third-order valence-electron chi connectivity index (χ3n) is 7.28. The van der Waals surface area contributed by atoms with Crippen LogP contribution in [-0.2, 0) is 11.3 Å². The minimum absolute atomic E-state index is 0.0506. The monoisotopic (exact) mass is 576 g/mol. The predicted molar refractivity (Wildman–Crippen MR) is 169 cm³/mol. The summed E-state index contributed by atoms with van der Waals surface area (Å²) in [5.41, 5.74) is 9.01. The van der Waals surface area contributed by atoms with Crippen LogP contribution in [0.1, 0.15) is 69.9 Å². The standard InChI is InChI=1S/C35H36N4O4/c1-22(35(2,3)4)38-32(40)25-16-19-28(30(20-25)34(42)43-21-23-10-6-5-7-11-23)27-12-8-9-13-29(27)33(41)39-26-17-14-24(15-18-26)31(36)37/h5-20,22H,21H2,1-4H3,(H3,36,37)(H,38,40)(H,39,41)/t22-/m1/s1. The first-order valence-electron chi connectivity index (χ1n) is 13.9. The van der Waals surface area contributed by atoms with Gasteiger partial charge in [-0.3, -0.25) is 15.0 Å². The summed E-state index contributed by atoms with van der Waals surface area (Å²) in [6.07, 6.45) is 0. The molecule has 1 atom stereocenters. The van der Waals surface area contributed by atoms with E-state index in [-0.39, 0.29) is 35.4 Å². The van der Waals surface area contributed by atoms with Crippen molar-refractivity contribution in [3.05, 3.63) is 125 Å². The van der Waals surface area contributed by atoms with Crippen LogP contribution in [0.25, 0.3) is 11.1 Å². The van der Waals surface area contributed by atoms with E-state index in [2.05, 4.69) is 10.6 Å². The van der Waals surface area contributed by atoms with Crippen molar-refractivity contribution in [2.75, 3.05) is 5.32 Å². The average Bonchev–Trinajstić information content (AvgIpc) is 2.99. The summed E-state index contributed by atoms with van der Waals surface area (Å²) in [5.74, 6) is -1.39. The highest BCUT2D eigenvalue weighted by Crippen LogP contribution is 2.30. The van der Waals surface area contributed by atoms with Crippen LogP contribution in [0.15, 0.2) is 97.1 Å². The summed E-state index contributed by atoms with van der Waals surface area (Å²) in [5, 5.41) is 13.4. The van der Waals surface area contributed by atoms with Gasteiger partial charge in [0.2, 0.25) is 0 Å². The van der Waals surface area contributed by atoms with Crippen molar-refractivity contribution < 1.29 is 19.1 Å². The Hall–Kier alpha value is -5.24.